The van der Waals surface area contributed by atoms with E-state index >= 15 is 0 Å². The molecule has 2 amide bonds. The number of phenolic OH excluding ortho intramolecular Hbond substituents is 1. The van der Waals surface area contributed by atoms with Crippen LogP contribution in [0.2, 0.25) is 0 Å². The van der Waals surface area contributed by atoms with Crippen molar-refractivity contribution in [3.8, 4) is 33.3 Å². The van der Waals surface area contributed by atoms with Crippen molar-refractivity contribution in [2.24, 2.45) is 11.8 Å². The van der Waals surface area contributed by atoms with Crippen LogP contribution in [0.1, 0.15) is 107 Å². The molecule has 8 heterocycles. The van der Waals surface area contributed by atoms with Crippen LogP contribution in [0.25, 0.3) is 21.7 Å². The number of pyridine rings is 1. The number of phenols is 1. The molecule has 5 fully saturated rings. The van der Waals surface area contributed by atoms with E-state index in [9.17, 15) is 19.8 Å². The van der Waals surface area contributed by atoms with Crippen molar-refractivity contribution < 1.29 is 33.8 Å². The maximum Gasteiger partial charge on any atom is 0.254 e. The summed E-state index contributed by atoms with van der Waals surface area (Å²) in [5, 5.41) is 37.0. The Hall–Kier alpha value is -6.67. The Kier molecular flexibility index (Phi) is 16.0. The van der Waals surface area contributed by atoms with Gasteiger partial charge in [-0.15, -0.1) is 21.5 Å². The van der Waals surface area contributed by atoms with Gasteiger partial charge < -0.3 is 50.0 Å². The van der Waals surface area contributed by atoms with Crippen molar-refractivity contribution in [3.05, 3.63) is 107 Å². The third kappa shape index (κ3) is 11.7. The molecule has 6 atom stereocenters. The lowest BCUT2D eigenvalue weighted by atomic mass is 9.79. The molecule has 412 valence electrons. The number of aromatic nitrogens is 5. The zero-order chi connectivity index (χ0) is 54.0. The predicted octanol–water partition coefficient (Wildman–Crippen LogP) is 7.95. The molecule has 0 radical (unpaired) electrons. The number of amides is 2. The Bertz CT molecular complexity index is 3020. The second-order valence-electron chi connectivity index (χ2n) is 22.5. The van der Waals surface area contributed by atoms with Crippen LogP contribution < -0.4 is 25.6 Å². The van der Waals surface area contributed by atoms with Gasteiger partial charge in [0, 0.05) is 87.0 Å². The molecule has 0 spiro atoms. The Labute approximate surface area is 460 Å². The van der Waals surface area contributed by atoms with Crippen molar-refractivity contribution in [3.63, 3.8) is 0 Å². The highest BCUT2D eigenvalue weighted by molar-refractivity contribution is 7.13. The standard InChI is InChI=1S/C59H73N11O7S/c1-35(2)55(59(74)69-33-45(71)28-51(69)58(73)63-36(3)39-10-12-40(13-11-39)56-37(4)62-34-78-56)53-30-54(66-77-53)75-24-23-67-21-18-46(19-22-67)76-47-25-38(26-47)9-14-41-27-42(17-20-61-41)70-43-15-16-44(70)32-68(31-43)50-29-49(64-65-57(50)60)48-7-5-6-8-52(48)72/h5-8,10-13,17,20,27,29-30,34-36,38,43-47,51,55,71-72H,9,14-16,18-19,21-26,28,31-33H2,1-4H3,(H2,60,65)(H,63,73)/t36-,38-,43?,44?,45+,47-,51-,55+/m0/s1. The van der Waals surface area contributed by atoms with Crippen molar-refractivity contribution >= 4 is 40.3 Å². The van der Waals surface area contributed by atoms with Gasteiger partial charge >= 0.3 is 0 Å². The van der Waals surface area contributed by atoms with Gasteiger partial charge in [-0.05, 0) is 124 Å². The highest BCUT2D eigenvalue weighted by Gasteiger charge is 2.44. The van der Waals surface area contributed by atoms with E-state index in [0.29, 0.717) is 59.4 Å². The molecular weight excluding hydrogens is 1010 g/mol. The van der Waals surface area contributed by atoms with Gasteiger partial charge in [0.25, 0.3) is 5.88 Å². The maximum absolute atomic E-state index is 14.3. The second-order valence-corrected chi connectivity index (χ2v) is 23.4. The fourth-order valence-corrected chi connectivity index (χ4v) is 13.4. The van der Waals surface area contributed by atoms with Gasteiger partial charge in [0.15, 0.2) is 11.6 Å². The van der Waals surface area contributed by atoms with E-state index in [1.165, 1.54) is 10.6 Å². The lowest BCUT2D eigenvalue weighted by molar-refractivity contribution is -0.141. The molecule has 18 nitrogen and oxygen atoms in total. The number of fused-ring (bicyclic) bond motifs is 2. The summed E-state index contributed by atoms with van der Waals surface area (Å²) in [6, 6.07) is 22.9. The first kappa shape index (κ1) is 53.3. The number of nitrogens with one attached hydrogen (secondary N) is 1. The number of benzene rings is 2. The molecule has 78 heavy (non-hydrogen) atoms. The molecule has 5 aliphatic rings. The Morgan fingerprint density at radius 2 is 1.68 bits per heavy atom. The lowest BCUT2D eigenvalue weighted by Crippen LogP contribution is -2.54. The molecule has 4 saturated heterocycles. The van der Waals surface area contributed by atoms with Crippen LogP contribution in [0.3, 0.4) is 0 Å². The summed E-state index contributed by atoms with van der Waals surface area (Å²) in [6.07, 6.45) is 10.3. The number of thiazole rings is 1. The molecule has 2 bridgehead atoms. The predicted molar refractivity (Wildman–Crippen MR) is 299 cm³/mol. The van der Waals surface area contributed by atoms with Gasteiger partial charge in [-0.3, -0.25) is 19.5 Å². The van der Waals surface area contributed by atoms with Crippen molar-refractivity contribution in [2.75, 3.05) is 61.4 Å². The molecule has 2 aromatic carbocycles. The van der Waals surface area contributed by atoms with Crippen LogP contribution in [0.5, 0.6) is 11.6 Å². The van der Waals surface area contributed by atoms with E-state index in [2.05, 4.69) is 52.5 Å². The van der Waals surface area contributed by atoms with Gasteiger partial charge in [-0.1, -0.05) is 50.2 Å². The molecule has 5 N–H and O–H groups in total. The van der Waals surface area contributed by atoms with Gasteiger partial charge in [-0.25, -0.2) is 4.98 Å². The number of nitrogen functional groups attached to an aromatic ring is 1. The lowest BCUT2D eigenvalue weighted by Gasteiger charge is -2.43. The fourth-order valence-electron chi connectivity index (χ4n) is 12.5. The second kappa shape index (κ2) is 23.3. The molecule has 11 rings (SSSR count). The zero-order valence-electron chi connectivity index (χ0n) is 45.1. The number of aromatic hydroxyl groups is 1. The number of piperidine rings is 1. The van der Waals surface area contributed by atoms with Gasteiger partial charge in [0.2, 0.25) is 11.8 Å². The van der Waals surface area contributed by atoms with Crippen LogP contribution in [0.4, 0.5) is 17.2 Å². The summed E-state index contributed by atoms with van der Waals surface area (Å²) < 4.78 is 18.4. The third-order valence-electron chi connectivity index (χ3n) is 16.9. The average Bonchev–Trinajstić information content (AvgIpc) is 4.35. The van der Waals surface area contributed by atoms with E-state index in [4.69, 9.17) is 24.7 Å². The number of aliphatic hydroxyl groups is 1. The Morgan fingerprint density at radius 3 is 2.41 bits per heavy atom. The molecule has 19 heteroatoms. The van der Waals surface area contributed by atoms with E-state index in [-0.39, 0.29) is 48.6 Å². The van der Waals surface area contributed by atoms with Gasteiger partial charge in [0.1, 0.15) is 24.3 Å². The molecule has 2 unspecified atom stereocenters. The largest absolute Gasteiger partial charge is 0.507 e. The number of rotatable bonds is 19. The van der Waals surface area contributed by atoms with Crippen LogP contribution in [-0.2, 0) is 20.7 Å². The summed E-state index contributed by atoms with van der Waals surface area (Å²) in [6.45, 7) is 12.5. The minimum Gasteiger partial charge on any atom is -0.507 e. The number of carbonyl (C=O) groups is 2. The smallest absolute Gasteiger partial charge is 0.254 e. The number of hydrogen-bond acceptors (Lipinski definition) is 17. The first-order valence-electron chi connectivity index (χ1n) is 28.0. The molecular formula is C59H73N11O7S. The number of piperazine rings is 1. The van der Waals surface area contributed by atoms with Crippen molar-refractivity contribution in [1.82, 2.24) is 40.4 Å². The number of para-hydroxylation sites is 1. The summed E-state index contributed by atoms with van der Waals surface area (Å²) in [5.41, 5.74) is 15.7. The summed E-state index contributed by atoms with van der Waals surface area (Å²) in [7, 11) is 0. The molecule has 1 saturated carbocycles. The number of β-amino-alcohol motifs (C(OH)–C–C–N with tert-alkyl or cyclic N) is 1. The van der Waals surface area contributed by atoms with E-state index in [1.807, 2.05) is 81.9 Å². The van der Waals surface area contributed by atoms with E-state index < -0.39 is 18.1 Å². The topological polar surface area (TPSA) is 222 Å². The van der Waals surface area contributed by atoms with Crippen LogP contribution in [0.15, 0.2) is 89.0 Å². The number of carbonyl (C=O) groups excluding carboxylic acids is 2. The monoisotopic (exact) mass is 1080 g/mol. The first-order chi connectivity index (χ1) is 37.8. The minimum atomic E-state index is -0.822. The van der Waals surface area contributed by atoms with Gasteiger partial charge in [0.05, 0.1) is 51.8 Å². The van der Waals surface area contributed by atoms with Crippen LogP contribution in [0, 0.1) is 18.8 Å². The van der Waals surface area contributed by atoms with E-state index in [0.717, 1.165) is 117 Å². The normalized spacial score (nSPS) is 23.4. The SMILES string of the molecule is Cc1ncsc1-c1ccc([C@H](C)NC(=O)[C@@H]2C[C@@H](O)CN2C(=O)[C@@H](c2cc(OCCN3CCC(O[C@H]4C[C@H](CCc5cc(N6C7CCC6CN(c6cc(-c8ccccc8O)nnc6N)C7)ccn5)C4)CC3)no2)C(C)C)cc1. The molecule has 6 aromatic rings. The fraction of sp³-hybridized carbons (Fsp3) is 0.508. The molecule has 4 aliphatic heterocycles. The number of likely N-dealkylation sites (tertiary alicyclic amines) is 2. The number of aliphatic hydroxyl groups excluding tert-OH is 1. The number of anilines is 3. The number of hydrogen-bond donors (Lipinski definition) is 4. The van der Waals surface area contributed by atoms with Crippen molar-refractivity contribution in [2.45, 2.75) is 134 Å². The highest BCUT2D eigenvalue weighted by Crippen LogP contribution is 2.41. The van der Waals surface area contributed by atoms with Gasteiger partial charge in [-0.2, -0.15) is 0 Å². The summed E-state index contributed by atoms with van der Waals surface area (Å²) >= 11 is 1.59. The first-order valence-corrected chi connectivity index (χ1v) is 28.9. The minimum absolute atomic E-state index is 0.0600. The Balaban J connectivity index is 0.589. The number of ether oxygens (including phenoxy) is 2. The summed E-state index contributed by atoms with van der Waals surface area (Å²) in [5.74, 6) is 0.444. The number of nitrogens with zero attached hydrogens (tertiary/aromatic N) is 9. The maximum atomic E-state index is 14.3. The Morgan fingerprint density at radius 1 is 0.910 bits per heavy atom. The summed E-state index contributed by atoms with van der Waals surface area (Å²) in [4.78, 5) is 47.1. The molecule has 1 aliphatic carbocycles. The van der Waals surface area contributed by atoms with Crippen LogP contribution >= 0.6 is 11.3 Å². The quantitative estimate of drug-likeness (QED) is 0.0604. The zero-order valence-corrected chi connectivity index (χ0v) is 45.9. The van der Waals surface area contributed by atoms with Crippen LogP contribution in [-0.4, -0.2) is 139 Å². The number of aryl methyl sites for hydroxylation is 2. The molecule has 4 aromatic heterocycles. The number of nitrogens with two attached hydrogens (primary N) is 1. The third-order valence-corrected chi connectivity index (χ3v) is 17.8. The highest BCUT2D eigenvalue weighted by atomic mass is 32.1. The average molecular weight is 1080 g/mol. The van der Waals surface area contributed by atoms with E-state index in [1.54, 1.807) is 29.5 Å². The van der Waals surface area contributed by atoms with Crippen molar-refractivity contribution in [1.29, 1.82) is 0 Å².